The maximum atomic E-state index is 12.5. The van der Waals surface area contributed by atoms with Gasteiger partial charge in [0.05, 0.1) is 0 Å². The van der Waals surface area contributed by atoms with Crippen molar-refractivity contribution in [3.05, 3.63) is 0 Å². The number of piperidine rings is 2. The number of nitrogens with zero attached hydrogens (tertiary/aromatic N) is 2. The van der Waals surface area contributed by atoms with Crippen LogP contribution in [0, 0.1) is 11.8 Å². The van der Waals surface area contributed by atoms with Gasteiger partial charge in [0.1, 0.15) is 0 Å². The smallest absolute Gasteiger partial charge is 0.222 e. The first-order chi connectivity index (χ1) is 9.58. The summed E-state index contributed by atoms with van der Waals surface area (Å²) in [6, 6.07) is 0.454. The van der Waals surface area contributed by atoms with E-state index in [4.69, 9.17) is 0 Å². The fraction of sp³-hybridized carbons (Fsp3) is 0.938. The number of likely N-dealkylation sites (tertiary alicyclic amines) is 1. The lowest BCUT2D eigenvalue weighted by Gasteiger charge is -2.36. The summed E-state index contributed by atoms with van der Waals surface area (Å²) in [6.45, 7) is 6.71. The van der Waals surface area contributed by atoms with Gasteiger partial charge in [-0.1, -0.05) is 6.92 Å². The van der Waals surface area contributed by atoms with Gasteiger partial charge in [-0.25, -0.2) is 0 Å². The van der Waals surface area contributed by atoms with Crippen LogP contribution >= 0.6 is 12.4 Å². The number of halogens is 1. The molecule has 1 amide bonds. The van der Waals surface area contributed by atoms with Crippen LogP contribution in [0.1, 0.15) is 39.0 Å². The highest BCUT2D eigenvalue weighted by atomic mass is 35.5. The molecule has 0 aliphatic carbocycles. The summed E-state index contributed by atoms with van der Waals surface area (Å²) < 4.78 is 0. The molecule has 2 heterocycles. The Balaban J connectivity index is 0.00000220. The Morgan fingerprint density at radius 2 is 2.00 bits per heavy atom. The lowest BCUT2D eigenvalue weighted by atomic mass is 9.85. The van der Waals surface area contributed by atoms with Gasteiger partial charge in [0.25, 0.3) is 0 Å². The Kier molecular flexibility index (Phi) is 7.99. The Morgan fingerprint density at radius 3 is 2.57 bits per heavy atom. The molecule has 2 rings (SSSR count). The Bertz CT molecular complexity index is 313. The summed E-state index contributed by atoms with van der Waals surface area (Å²) in [5.41, 5.74) is 0. The number of nitrogens with one attached hydrogen (secondary N) is 1. The van der Waals surface area contributed by atoms with E-state index in [0.29, 0.717) is 23.8 Å². The number of rotatable bonds is 4. The fourth-order valence-electron chi connectivity index (χ4n) is 3.54. The molecule has 0 radical (unpaired) electrons. The molecule has 5 heteroatoms. The summed E-state index contributed by atoms with van der Waals surface area (Å²) in [6.07, 6.45) is 5.50. The number of carbonyl (C=O) groups is 1. The third kappa shape index (κ3) is 5.42. The van der Waals surface area contributed by atoms with Crippen molar-refractivity contribution in [1.82, 2.24) is 15.1 Å². The van der Waals surface area contributed by atoms with Crippen LogP contribution in [0.25, 0.3) is 0 Å². The van der Waals surface area contributed by atoms with Crippen LogP contribution in [-0.2, 0) is 4.79 Å². The van der Waals surface area contributed by atoms with E-state index in [-0.39, 0.29) is 12.4 Å². The van der Waals surface area contributed by atoms with Crippen molar-refractivity contribution in [2.45, 2.75) is 45.1 Å². The van der Waals surface area contributed by atoms with Crippen molar-refractivity contribution in [3.8, 4) is 0 Å². The van der Waals surface area contributed by atoms with Crippen molar-refractivity contribution in [2.75, 3.05) is 40.3 Å². The molecule has 21 heavy (non-hydrogen) atoms. The normalized spacial score (nSPS) is 26.0. The van der Waals surface area contributed by atoms with Crippen molar-refractivity contribution in [1.29, 1.82) is 0 Å². The number of hydrogen-bond acceptors (Lipinski definition) is 3. The first-order valence-corrected chi connectivity index (χ1v) is 8.23. The standard InChI is InChI=1S/C16H31N3O.ClH/c1-13(14-5-4-8-17-12-14)11-16(20)19(3)15-6-9-18(2)10-7-15;/h13-15,17H,4-12H2,1-3H3;1H. The molecule has 2 saturated heterocycles. The SMILES string of the molecule is CC(CC(=O)N(C)C1CCN(C)CC1)C1CCCNC1.Cl. The molecule has 0 spiro atoms. The van der Waals surface area contributed by atoms with E-state index in [1.807, 2.05) is 11.9 Å². The van der Waals surface area contributed by atoms with E-state index in [2.05, 4.69) is 24.2 Å². The average molecular weight is 318 g/mol. The van der Waals surface area contributed by atoms with E-state index in [1.54, 1.807) is 0 Å². The molecular weight excluding hydrogens is 286 g/mol. The second-order valence-corrected chi connectivity index (χ2v) is 6.83. The molecule has 2 unspecified atom stereocenters. The lowest BCUT2D eigenvalue weighted by molar-refractivity contribution is -0.134. The minimum Gasteiger partial charge on any atom is -0.343 e. The second-order valence-electron chi connectivity index (χ2n) is 6.83. The van der Waals surface area contributed by atoms with Gasteiger partial charge in [0, 0.05) is 19.5 Å². The van der Waals surface area contributed by atoms with Crippen LogP contribution in [0.3, 0.4) is 0 Å². The average Bonchev–Trinajstić information content (AvgIpc) is 2.48. The second kappa shape index (κ2) is 8.96. The topological polar surface area (TPSA) is 35.6 Å². The van der Waals surface area contributed by atoms with E-state index >= 15 is 0 Å². The largest absolute Gasteiger partial charge is 0.343 e. The van der Waals surface area contributed by atoms with E-state index in [1.165, 1.54) is 12.8 Å². The van der Waals surface area contributed by atoms with Crippen LogP contribution in [0.15, 0.2) is 0 Å². The van der Waals surface area contributed by atoms with E-state index in [9.17, 15) is 4.79 Å². The first-order valence-electron chi connectivity index (χ1n) is 8.23. The monoisotopic (exact) mass is 317 g/mol. The maximum Gasteiger partial charge on any atom is 0.222 e. The van der Waals surface area contributed by atoms with Crippen LogP contribution in [0.4, 0.5) is 0 Å². The molecule has 2 fully saturated rings. The minimum absolute atomic E-state index is 0. The van der Waals surface area contributed by atoms with E-state index in [0.717, 1.165) is 45.4 Å². The van der Waals surface area contributed by atoms with Crippen molar-refractivity contribution in [3.63, 3.8) is 0 Å². The van der Waals surface area contributed by atoms with Crippen molar-refractivity contribution >= 4 is 18.3 Å². The van der Waals surface area contributed by atoms with Gasteiger partial charge in [0.2, 0.25) is 5.91 Å². The molecule has 0 aromatic carbocycles. The van der Waals surface area contributed by atoms with Gasteiger partial charge in [0.15, 0.2) is 0 Å². The van der Waals surface area contributed by atoms with Crippen LogP contribution in [0.2, 0.25) is 0 Å². The van der Waals surface area contributed by atoms with Crippen LogP contribution in [0.5, 0.6) is 0 Å². The van der Waals surface area contributed by atoms with Gasteiger partial charge in [-0.05, 0) is 70.7 Å². The Hall–Kier alpha value is -0.320. The van der Waals surface area contributed by atoms with Crippen molar-refractivity contribution < 1.29 is 4.79 Å². The molecule has 2 aliphatic heterocycles. The molecule has 2 atom stereocenters. The zero-order valence-corrected chi connectivity index (χ0v) is 14.6. The van der Waals surface area contributed by atoms with Gasteiger partial charge >= 0.3 is 0 Å². The third-order valence-corrected chi connectivity index (χ3v) is 5.27. The number of hydrogen-bond donors (Lipinski definition) is 1. The van der Waals surface area contributed by atoms with Gasteiger partial charge in [-0.3, -0.25) is 4.79 Å². The molecule has 0 aromatic heterocycles. The molecule has 124 valence electrons. The summed E-state index contributed by atoms with van der Waals surface area (Å²) in [5, 5.41) is 3.46. The molecule has 1 N–H and O–H groups in total. The highest BCUT2D eigenvalue weighted by Gasteiger charge is 2.27. The molecular formula is C16H32ClN3O. The summed E-state index contributed by atoms with van der Waals surface area (Å²) in [5.74, 6) is 1.53. The minimum atomic E-state index is 0. The number of carbonyl (C=O) groups excluding carboxylic acids is 1. The zero-order valence-electron chi connectivity index (χ0n) is 13.8. The summed E-state index contributed by atoms with van der Waals surface area (Å²) in [7, 11) is 4.17. The lowest BCUT2D eigenvalue weighted by Crippen LogP contribution is -2.45. The quantitative estimate of drug-likeness (QED) is 0.861. The zero-order chi connectivity index (χ0) is 14.5. The van der Waals surface area contributed by atoms with E-state index < -0.39 is 0 Å². The molecule has 0 bridgehead atoms. The van der Waals surface area contributed by atoms with Crippen LogP contribution < -0.4 is 5.32 Å². The van der Waals surface area contributed by atoms with Crippen molar-refractivity contribution in [2.24, 2.45) is 11.8 Å². The number of amides is 1. The Labute approximate surface area is 136 Å². The molecule has 2 aliphatic rings. The van der Waals surface area contributed by atoms with Gasteiger partial charge < -0.3 is 15.1 Å². The highest BCUT2D eigenvalue weighted by Crippen LogP contribution is 2.24. The Morgan fingerprint density at radius 1 is 1.33 bits per heavy atom. The highest BCUT2D eigenvalue weighted by molar-refractivity contribution is 5.85. The molecule has 0 aromatic rings. The van der Waals surface area contributed by atoms with Gasteiger partial charge in [-0.2, -0.15) is 0 Å². The summed E-state index contributed by atoms with van der Waals surface area (Å²) in [4.78, 5) is 16.8. The van der Waals surface area contributed by atoms with Crippen LogP contribution in [-0.4, -0.2) is 62.0 Å². The third-order valence-electron chi connectivity index (χ3n) is 5.27. The molecule has 0 saturated carbocycles. The predicted octanol–water partition coefficient (Wildman–Crippen LogP) is 1.99. The first kappa shape index (κ1) is 18.7. The molecule has 4 nitrogen and oxygen atoms in total. The summed E-state index contributed by atoms with van der Waals surface area (Å²) >= 11 is 0. The predicted molar refractivity (Wildman–Crippen MR) is 89.9 cm³/mol. The van der Waals surface area contributed by atoms with Gasteiger partial charge in [-0.15, -0.1) is 12.4 Å². The maximum absolute atomic E-state index is 12.5. The fourth-order valence-corrected chi connectivity index (χ4v) is 3.54.